The minimum Gasteiger partial charge on any atom is -0.469 e. The van der Waals surface area contributed by atoms with Gasteiger partial charge in [-0.1, -0.05) is 54.5 Å². The Bertz CT molecular complexity index is 1030. The Labute approximate surface area is 218 Å². The van der Waals surface area contributed by atoms with Crippen LogP contribution in [0.1, 0.15) is 106 Å². The maximum absolute atomic E-state index is 14.4. The number of carbonyl (C=O) groups is 3. The van der Waals surface area contributed by atoms with Gasteiger partial charge in [0, 0.05) is 17.8 Å². The van der Waals surface area contributed by atoms with Crippen molar-refractivity contribution >= 4 is 17.5 Å². The quantitative estimate of drug-likeness (QED) is 0.388. The number of hydrogen-bond acceptors (Lipinski definition) is 4. The molecule has 200 valence electrons. The van der Waals surface area contributed by atoms with E-state index in [-0.39, 0.29) is 62.0 Å². The SMILES string of the molecule is COC(=O)C[C@@]1(C)CC[C@]2(C)CC[C@]3(C)[C@H](C(=O)CC4[C@@]5(C)C=CC(=O)C(C)(C)[C@@H]5CC[C@]43C)[C@@H]2C1. The van der Waals surface area contributed by atoms with Gasteiger partial charge in [-0.2, -0.15) is 0 Å². The predicted octanol–water partition coefficient (Wildman–Crippen LogP) is 6.96. The van der Waals surface area contributed by atoms with Gasteiger partial charge in [-0.15, -0.1) is 0 Å². The molecule has 0 radical (unpaired) electrons. The number of hydrogen-bond donors (Lipinski definition) is 0. The predicted molar refractivity (Wildman–Crippen MR) is 141 cm³/mol. The zero-order valence-corrected chi connectivity index (χ0v) is 24.0. The average molecular weight is 497 g/mol. The highest BCUT2D eigenvalue weighted by molar-refractivity contribution is 5.96. The van der Waals surface area contributed by atoms with Gasteiger partial charge in [0.1, 0.15) is 5.78 Å². The second-order valence-electron chi connectivity index (χ2n) is 15.4. The molecule has 0 amide bonds. The lowest BCUT2D eigenvalue weighted by molar-refractivity contribution is -0.221. The number of fused-ring (bicyclic) bond motifs is 7. The smallest absolute Gasteiger partial charge is 0.306 e. The Hall–Kier alpha value is -1.45. The fourth-order valence-corrected chi connectivity index (χ4v) is 10.8. The third-order valence-electron chi connectivity index (χ3n) is 13.4. The molecular formula is C32H48O4. The van der Waals surface area contributed by atoms with Crippen molar-refractivity contribution in [2.75, 3.05) is 7.11 Å². The molecule has 5 aliphatic carbocycles. The van der Waals surface area contributed by atoms with Crippen LogP contribution in [-0.2, 0) is 19.1 Å². The van der Waals surface area contributed by atoms with Crippen LogP contribution in [0.5, 0.6) is 0 Å². The van der Waals surface area contributed by atoms with E-state index in [4.69, 9.17) is 4.74 Å². The van der Waals surface area contributed by atoms with E-state index in [1.807, 2.05) is 6.08 Å². The van der Waals surface area contributed by atoms with Gasteiger partial charge in [0.25, 0.3) is 0 Å². The Morgan fingerprint density at radius 1 is 0.917 bits per heavy atom. The number of Topliss-reactive ketones (excluding diaryl/α,β-unsaturated/α-hetero) is 1. The zero-order chi connectivity index (χ0) is 26.5. The molecule has 4 fully saturated rings. The highest BCUT2D eigenvalue weighted by Gasteiger charge is 2.71. The summed E-state index contributed by atoms with van der Waals surface area (Å²) in [6, 6.07) is 0. The summed E-state index contributed by atoms with van der Waals surface area (Å²) in [5.41, 5.74) is -0.466. The van der Waals surface area contributed by atoms with Gasteiger partial charge in [0.15, 0.2) is 5.78 Å². The third kappa shape index (κ3) is 3.27. The fraction of sp³-hybridized carbons (Fsp3) is 0.844. The van der Waals surface area contributed by atoms with Crippen molar-refractivity contribution in [1.82, 2.24) is 0 Å². The molecule has 0 N–H and O–H groups in total. The third-order valence-corrected chi connectivity index (χ3v) is 13.4. The summed E-state index contributed by atoms with van der Waals surface area (Å²) in [6.07, 6.45) is 12.6. The molecule has 0 saturated heterocycles. The molecular weight excluding hydrogens is 448 g/mol. The lowest BCUT2D eigenvalue weighted by Gasteiger charge is -2.71. The number of ketones is 2. The molecule has 4 saturated carbocycles. The van der Waals surface area contributed by atoms with Gasteiger partial charge in [-0.05, 0) is 95.9 Å². The Kier molecular flexibility index (Phi) is 5.66. The second-order valence-corrected chi connectivity index (χ2v) is 15.4. The van der Waals surface area contributed by atoms with E-state index in [1.54, 1.807) is 0 Å². The molecule has 36 heavy (non-hydrogen) atoms. The molecule has 9 atom stereocenters. The summed E-state index contributed by atoms with van der Waals surface area (Å²) in [5, 5.41) is 0. The number of methoxy groups -OCH3 is 1. The van der Waals surface area contributed by atoms with Crippen LogP contribution in [0, 0.1) is 56.2 Å². The topological polar surface area (TPSA) is 60.4 Å². The van der Waals surface area contributed by atoms with Gasteiger partial charge in [-0.25, -0.2) is 0 Å². The van der Waals surface area contributed by atoms with E-state index in [0.29, 0.717) is 24.5 Å². The maximum Gasteiger partial charge on any atom is 0.306 e. The van der Waals surface area contributed by atoms with Crippen LogP contribution in [0.25, 0.3) is 0 Å². The lowest BCUT2D eigenvalue weighted by Crippen LogP contribution is -2.68. The molecule has 1 unspecified atom stereocenters. The fourth-order valence-electron chi connectivity index (χ4n) is 10.8. The first kappa shape index (κ1) is 26.2. The molecule has 4 heteroatoms. The standard InChI is InChI=1S/C32H48O4/c1-27(2)22-9-12-31(6)23(30(22,5)11-10-24(27)34)17-21(33)26-20-18-28(3,19-25(35)36-8)13-14-29(20,4)15-16-32(26,31)7/h10-11,20,22-23,26H,9,12-19H2,1-8H3/t20-,22-,23?,26-,28-,29+,30-,31+,32+/m0/s1. The summed E-state index contributed by atoms with van der Waals surface area (Å²) < 4.78 is 5.06. The van der Waals surface area contributed by atoms with Gasteiger partial charge in [0.05, 0.1) is 13.5 Å². The van der Waals surface area contributed by atoms with E-state index in [0.717, 1.165) is 44.9 Å². The number of rotatable bonds is 2. The average Bonchev–Trinajstić information content (AvgIpc) is 2.79. The second kappa shape index (κ2) is 7.79. The minimum atomic E-state index is -0.379. The van der Waals surface area contributed by atoms with Crippen LogP contribution in [0.15, 0.2) is 12.2 Å². The van der Waals surface area contributed by atoms with Crippen LogP contribution < -0.4 is 0 Å². The van der Waals surface area contributed by atoms with Crippen LogP contribution in [0.4, 0.5) is 0 Å². The molecule has 0 aromatic heterocycles. The van der Waals surface area contributed by atoms with Crippen molar-refractivity contribution in [3.05, 3.63) is 12.2 Å². The summed E-state index contributed by atoms with van der Waals surface area (Å²) >= 11 is 0. The normalized spacial score (nSPS) is 51.4. The first-order chi connectivity index (χ1) is 16.6. The van der Waals surface area contributed by atoms with E-state index < -0.39 is 0 Å². The van der Waals surface area contributed by atoms with Crippen molar-refractivity contribution in [2.24, 2.45) is 56.2 Å². The van der Waals surface area contributed by atoms with Gasteiger partial charge < -0.3 is 4.74 Å². The van der Waals surface area contributed by atoms with E-state index in [2.05, 4.69) is 54.5 Å². The summed E-state index contributed by atoms with van der Waals surface area (Å²) in [6.45, 7) is 16.2. The molecule has 4 nitrogen and oxygen atoms in total. The van der Waals surface area contributed by atoms with Crippen molar-refractivity contribution in [2.45, 2.75) is 106 Å². The van der Waals surface area contributed by atoms with Crippen LogP contribution in [0.3, 0.4) is 0 Å². The highest BCUT2D eigenvalue weighted by Crippen LogP contribution is 2.75. The first-order valence-corrected chi connectivity index (χ1v) is 14.4. The number of ether oxygens (including phenoxy) is 1. The Balaban J connectivity index is 1.55. The van der Waals surface area contributed by atoms with Crippen molar-refractivity contribution in [3.8, 4) is 0 Å². The first-order valence-electron chi connectivity index (χ1n) is 14.4. The van der Waals surface area contributed by atoms with Crippen LogP contribution in [-0.4, -0.2) is 24.6 Å². The number of allylic oxidation sites excluding steroid dienone is 2. The molecule has 0 spiro atoms. The molecule has 0 bridgehead atoms. The van der Waals surface area contributed by atoms with Gasteiger partial charge in [0.2, 0.25) is 0 Å². The molecule has 5 rings (SSSR count). The maximum atomic E-state index is 14.4. The molecule has 0 aliphatic heterocycles. The van der Waals surface area contributed by atoms with Gasteiger partial charge >= 0.3 is 5.97 Å². The van der Waals surface area contributed by atoms with E-state index in [9.17, 15) is 14.4 Å². The van der Waals surface area contributed by atoms with Crippen LogP contribution in [0.2, 0.25) is 0 Å². The largest absolute Gasteiger partial charge is 0.469 e. The monoisotopic (exact) mass is 496 g/mol. The molecule has 0 aromatic rings. The Morgan fingerprint density at radius 2 is 1.58 bits per heavy atom. The lowest BCUT2D eigenvalue weighted by atomic mass is 9.32. The van der Waals surface area contributed by atoms with Crippen LogP contribution >= 0.6 is 0 Å². The van der Waals surface area contributed by atoms with E-state index >= 15 is 0 Å². The van der Waals surface area contributed by atoms with Crippen molar-refractivity contribution in [1.29, 1.82) is 0 Å². The summed E-state index contributed by atoms with van der Waals surface area (Å²) in [4.78, 5) is 39.5. The zero-order valence-electron chi connectivity index (χ0n) is 24.0. The minimum absolute atomic E-state index is 0.0508. The summed E-state index contributed by atoms with van der Waals surface area (Å²) in [5.74, 6) is 1.46. The molecule has 0 aromatic carbocycles. The molecule has 5 aliphatic rings. The van der Waals surface area contributed by atoms with Crippen molar-refractivity contribution < 1.29 is 19.1 Å². The number of carbonyl (C=O) groups excluding carboxylic acids is 3. The molecule has 0 heterocycles. The Morgan fingerprint density at radius 3 is 2.25 bits per heavy atom. The van der Waals surface area contributed by atoms with Gasteiger partial charge in [-0.3, -0.25) is 14.4 Å². The summed E-state index contributed by atoms with van der Waals surface area (Å²) in [7, 11) is 1.48. The van der Waals surface area contributed by atoms with E-state index in [1.165, 1.54) is 7.11 Å². The highest BCUT2D eigenvalue weighted by atomic mass is 16.5. The van der Waals surface area contributed by atoms with Crippen molar-refractivity contribution in [3.63, 3.8) is 0 Å². The number of esters is 1.